The van der Waals surface area contributed by atoms with E-state index in [1.54, 1.807) is 0 Å². The maximum Gasteiger partial charge on any atom is 0.312 e. The Balaban J connectivity index is 2.03. The molecular formula is C12H20N4O3. The van der Waals surface area contributed by atoms with E-state index in [1.807, 2.05) is 0 Å². The molecule has 2 fully saturated rings. The van der Waals surface area contributed by atoms with Crippen LogP contribution in [-0.2, 0) is 14.4 Å². The van der Waals surface area contributed by atoms with Crippen LogP contribution in [0.1, 0.15) is 19.3 Å². The molecule has 0 aromatic carbocycles. The van der Waals surface area contributed by atoms with Gasteiger partial charge in [0.1, 0.15) is 6.04 Å². The van der Waals surface area contributed by atoms with Gasteiger partial charge in [-0.3, -0.25) is 14.4 Å². The van der Waals surface area contributed by atoms with Crippen molar-refractivity contribution in [2.75, 3.05) is 32.7 Å². The zero-order chi connectivity index (χ0) is 13.8. The monoisotopic (exact) mass is 268 g/mol. The molecule has 0 aromatic heterocycles. The summed E-state index contributed by atoms with van der Waals surface area (Å²) in [5.41, 5.74) is 5.31. The summed E-state index contributed by atoms with van der Waals surface area (Å²) in [7, 11) is 0. The number of nitrogens with zero attached hydrogens (tertiary/aromatic N) is 2. The van der Waals surface area contributed by atoms with Crippen molar-refractivity contribution in [2.45, 2.75) is 25.3 Å². The number of nitrogens with one attached hydrogen (secondary N) is 1. The van der Waals surface area contributed by atoms with E-state index in [4.69, 9.17) is 5.73 Å². The Hall–Kier alpha value is -1.63. The summed E-state index contributed by atoms with van der Waals surface area (Å²) < 4.78 is 0. The largest absolute Gasteiger partial charge is 0.368 e. The van der Waals surface area contributed by atoms with Crippen LogP contribution >= 0.6 is 0 Å². The Labute approximate surface area is 112 Å². The van der Waals surface area contributed by atoms with Gasteiger partial charge >= 0.3 is 11.8 Å². The van der Waals surface area contributed by atoms with Gasteiger partial charge in [0.15, 0.2) is 0 Å². The van der Waals surface area contributed by atoms with Crippen molar-refractivity contribution in [1.29, 1.82) is 0 Å². The Bertz CT molecular complexity index is 379. The van der Waals surface area contributed by atoms with Crippen LogP contribution < -0.4 is 11.1 Å². The highest BCUT2D eigenvalue weighted by atomic mass is 16.2. The zero-order valence-corrected chi connectivity index (χ0v) is 10.9. The molecule has 0 spiro atoms. The molecule has 19 heavy (non-hydrogen) atoms. The van der Waals surface area contributed by atoms with Gasteiger partial charge in [-0.25, -0.2) is 0 Å². The van der Waals surface area contributed by atoms with E-state index in [0.717, 1.165) is 12.8 Å². The number of piperazine rings is 1. The quantitative estimate of drug-likeness (QED) is 0.553. The first-order valence-corrected chi connectivity index (χ1v) is 6.71. The summed E-state index contributed by atoms with van der Waals surface area (Å²) in [5, 5.41) is 3.12. The van der Waals surface area contributed by atoms with Gasteiger partial charge in [0.25, 0.3) is 0 Å². The topological polar surface area (TPSA) is 95.7 Å². The smallest absolute Gasteiger partial charge is 0.312 e. The number of carbonyl (C=O) groups is 3. The van der Waals surface area contributed by atoms with Crippen molar-refractivity contribution < 1.29 is 14.4 Å². The molecule has 0 saturated carbocycles. The summed E-state index contributed by atoms with van der Waals surface area (Å²) >= 11 is 0. The lowest BCUT2D eigenvalue weighted by atomic mass is 10.0. The van der Waals surface area contributed by atoms with Crippen molar-refractivity contribution >= 4 is 17.7 Å². The molecular weight excluding hydrogens is 248 g/mol. The van der Waals surface area contributed by atoms with Gasteiger partial charge in [-0.2, -0.15) is 0 Å². The van der Waals surface area contributed by atoms with E-state index >= 15 is 0 Å². The number of primary amides is 1. The molecule has 0 aromatic rings. The zero-order valence-electron chi connectivity index (χ0n) is 10.9. The molecule has 1 unspecified atom stereocenters. The minimum absolute atomic E-state index is 0.435. The van der Waals surface area contributed by atoms with E-state index < -0.39 is 23.8 Å². The second-order valence-electron chi connectivity index (χ2n) is 4.95. The number of carbonyl (C=O) groups excluding carboxylic acids is 3. The van der Waals surface area contributed by atoms with Crippen LogP contribution in [0.3, 0.4) is 0 Å². The normalized spacial score (nSPS) is 24.1. The summed E-state index contributed by atoms with van der Waals surface area (Å²) in [5.74, 6) is -1.64. The first-order chi connectivity index (χ1) is 9.11. The number of piperidine rings is 1. The SMILES string of the molecule is NC(=O)C1CCCCN1C(=O)C(=O)N1CCNCC1. The molecule has 7 heteroatoms. The number of hydrogen-bond acceptors (Lipinski definition) is 4. The summed E-state index contributed by atoms with van der Waals surface area (Å²) in [6.07, 6.45) is 2.22. The first kappa shape index (κ1) is 13.8. The lowest BCUT2D eigenvalue weighted by Gasteiger charge is -2.35. The maximum atomic E-state index is 12.2. The van der Waals surface area contributed by atoms with Gasteiger partial charge in [-0.1, -0.05) is 0 Å². The maximum absolute atomic E-state index is 12.2. The van der Waals surface area contributed by atoms with Crippen LogP contribution in [0.2, 0.25) is 0 Å². The Morgan fingerprint density at radius 3 is 2.32 bits per heavy atom. The van der Waals surface area contributed by atoms with E-state index in [2.05, 4.69) is 5.32 Å². The predicted molar refractivity (Wildman–Crippen MR) is 68.0 cm³/mol. The lowest BCUT2D eigenvalue weighted by molar-refractivity contribution is -0.155. The molecule has 2 aliphatic heterocycles. The average molecular weight is 268 g/mol. The molecule has 2 rings (SSSR count). The molecule has 2 heterocycles. The Morgan fingerprint density at radius 1 is 1.00 bits per heavy atom. The molecule has 0 aliphatic carbocycles. The van der Waals surface area contributed by atoms with Crippen molar-refractivity contribution in [3.8, 4) is 0 Å². The second-order valence-corrected chi connectivity index (χ2v) is 4.95. The summed E-state index contributed by atoms with van der Waals surface area (Å²) in [4.78, 5) is 38.6. The van der Waals surface area contributed by atoms with Crippen LogP contribution in [-0.4, -0.2) is 66.3 Å². The fraction of sp³-hybridized carbons (Fsp3) is 0.750. The number of nitrogens with two attached hydrogens (primary N) is 1. The van der Waals surface area contributed by atoms with E-state index in [-0.39, 0.29) is 0 Å². The van der Waals surface area contributed by atoms with Crippen LogP contribution in [0.4, 0.5) is 0 Å². The van der Waals surface area contributed by atoms with Gasteiger partial charge in [-0.15, -0.1) is 0 Å². The van der Waals surface area contributed by atoms with Crippen LogP contribution in [0, 0.1) is 0 Å². The Morgan fingerprint density at radius 2 is 1.68 bits per heavy atom. The number of amides is 3. The van der Waals surface area contributed by atoms with Gasteiger partial charge in [0.05, 0.1) is 0 Å². The van der Waals surface area contributed by atoms with Crippen LogP contribution in [0.25, 0.3) is 0 Å². The van der Waals surface area contributed by atoms with Gasteiger partial charge in [-0.05, 0) is 19.3 Å². The molecule has 0 bridgehead atoms. The minimum atomic E-state index is -0.631. The molecule has 106 valence electrons. The van der Waals surface area contributed by atoms with E-state index in [9.17, 15) is 14.4 Å². The van der Waals surface area contributed by atoms with Crippen molar-refractivity contribution in [3.05, 3.63) is 0 Å². The average Bonchev–Trinajstić information content (AvgIpc) is 2.46. The highest BCUT2D eigenvalue weighted by Gasteiger charge is 2.35. The number of rotatable bonds is 1. The molecule has 3 N–H and O–H groups in total. The predicted octanol–water partition coefficient (Wildman–Crippen LogP) is -1.72. The summed E-state index contributed by atoms with van der Waals surface area (Å²) in [6, 6.07) is -0.631. The molecule has 2 aliphatic rings. The molecule has 7 nitrogen and oxygen atoms in total. The number of hydrogen-bond donors (Lipinski definition) is 2. The van der Waals surface area contributed by atoms with Crippen molar-refractivity contribution in [2.24, 2.45) is 5.73 Å². The molecule has 1 atom stereocenters. The van der Waals surface area contributed by atoms with E-state index in [0.29, 0.717) is 39.1 Å². The number of likely N-dealkylation sites (tertiary alicyclic amines) is 1. The highest BCUT2D eigenvalue weighted by molar-refractivity contribution is 6.35. The first-order valence-electron chi connectivity index (χ1n) is 6.71. The lowest BCUT2D eigenvalue weighted by Crippen LogP contribution is -2.57. The highest BCUT2D eigenvalue weighted by Crippen LogP contribution is 2.17. The van der Waals surface area contributed by atoms with E-state index in [1.165, 1.54) is 9.80 Å². The van der Waals surface area contributed by atoms with Crippen molar-refractivity contribution in [1.82, 2.24) is 15.1 Å². The van der Waals surface area contributed by atoms with Crippen LogP contribution in [0.15, 0.2) is 0 Å². The third-order valence-corrected chi connectivity index (χ3v) is 3.68. The third kappa shape index (κ3) is 3.04. The molecule has 0 radical (unpaired) electrons. The van der Waals surface area contributed by atoms with Crippen LogP contribution in [0.5, 0.6) is 0 Å². The summed E-state index contributed by atoms with van der Waals surface area (Å²) in [6.45, 7) is 2.88. The standard InChI is InChI=1S/C12H20N4O3/c13-10(17)9-3-1-2-6-16(9)12(19)11(18)15-7-4-14-5-8-15/h9,14H,1-8H2,(H2,13,17). The van der Waals surface area contributed by atoms with Crippen molar-refractivity contribution in [3.63, 3.8) is 0 Å². The fourth-order valence-electron chi connectivity index (χ4n) is 2.60. The molecule has 3 amide bonds. The van der Waals surface area contributed by atoms with Gasteiger partial charge in [0, 0.05) is 32.7 Å². The Kier molecular flexibility index (Phi) is 4.36. The molecule has 2 saturated heterocycles. The second kappa shape index (κ2) is 6.01. The fourth-order valence-corrected chi connectivity index (χ4v) is 2.60. The minimum Gasteiger partial charge on any atom is -0.368 e. The third-order valence-electron chi connectivity index (χ3n) is 3.68. The van der Waals surface area contributed by atoms with Gasteiger partial charge in [0.2, 0.25) is 5.91 Å². The van der Waals surface area contributed by atoms with Gasteiger partial charge < -0.3 is 20.9 Å².